The van der Waals surface area contributed by atoms with Crippen LogP contribution in [0.15, 0.2) is 71.0 Å². The highest BCUT2D eigenvalue weighted by molar-refractivity contribution is 7.99. The molecule has 0 saturated carbocycles. The van der Waals surface area contributed by atoms with Gasteiger partial charge in [-0.05, 0) is 55.5 Å². The smallest absolute Gasteiger partial charge is 0.295 e. The predicted molar refractivity (Wildman–Crippen MR) is 108 cm³/mol. The van der Waals surface area contributed by atoms with Gasteiger partial charge < -0.3 is 9.88 Å². The van der Waals surface area contributed by atoms with E-state index >= 15 is 0 Å². The van der Waals surface area contributed by atoms with Gasteiger partial charge in [0.2, 0.25) is 5.82 Å². The summed E-state index contributed by atoms with van der Waals surface area (Å²) in [6.07, 6.45) is 3.63. The molecule has 0 atom stereocenters. The summed E-state index contributed by atoms with van der Waals surface area (Å²) in [6, 6.07) is 13.3. The number of halogens is 1. The maximum Gasteiger partial charge on any atom is 0.295 e. The van der Waals surface area contributed by atoms with Crippen LogP contribution in [0.4, 0.5) is 10.1 Å². The third-order valence-corrected chi connectivity index (χ3v) is 5.23. The average Bonchev–Trinajstić information content (AvgIpc) is 3.30. The molecular formula is C20H17FN6OS. The lowest BCUT2D eigenvalue weighted by Gasteiger charge is -2.05. The number of hydrogen-bond acceptors (Lipinski definition) is 5. The summed E-state index contributed by atoms with van der Waals surface area (Å²) >= 11 is 1.53. The molecule has 0 unspecified atom stereocenters. The van der Waals surface area contributed by atoms with E-state index in [1.54, 1.807) is 25.3 Å². The number of aryl methyl sites for hydroxylation is 2. The number of nitrogens with one attached hydrogen (secondary N) is 1. The van der Waals surface area contributed by atoms with Crippen molar-refractivity contribution in [2.24, 2.45) is 7.05 Å². The summed E-state index contributed by atoms with van der Waals surface area (Å²) < 4.78 is 16.6. The molecule has 29 heavy (non-hydrogen) atoms. The summed E-state index contributed by atoms with van der Waals surface area (Å²) in [5, 5.41) is 7.91. The number of carbonyl (C=O) groups is 1. The minimum absolute atomic E-state index is 0.0401. The van der Waals surface area contributed by atoms with Crippen LogP contribution in [0.1, 0.15) is 16.4 Å². The highest BCUT2D eigenvalue weighted by Gasteiger charge is 2.15. The molecule has 2 heterocycles. The molecule has 0 bridgehead atoms. The van der Waals surface area contributed by atoms with Crippen molar-refractivity contribution in [2.45, 2.75) is 17.0 Å². The number of rotatable bonds is 5. The lowest BCUT2D eigenvalue weighted by atomic mass is 10.3. The van der Waals surface area contributed by atoms with E-state index in [9.17, 15) is 9.18 Å². The van der Waals surface area contributed by atoms with Crippen molar-refractivity contribution in [1.82, 2.24) is 24.3 Å². The number of carbonyl (C=O) groups excluding carboxylic acids is 1. The molecule has 0 saturated heterocycles. The van der Waals surface area contributed by atoms with E-state index in [-0.39, 0.29) is 11.6 Å². The Hall–Kier alpha value is -3.46. The summed E-state index contributed by atoms with van der Waals surface area (Å²) in [5.41, 5.74) is 1.26. The molecule has 0 aliphatic rings. The van der Waals surface area contributed by atoms with Gasteiger partial charge in [-0.25, -0.2) is 19.0 Å². The van der Waals surface area contributed by atoms with E-state index in [2.05, 4.69) is 20.4 Å². The molecular weight excluding hydrogens is 391 g/mol. The number of amides is 1. The van der Waals surface area contributed by atoms with Gasteiger partial charge >= 0.3 is 0 Å². The Kier molecular flexibility index (Phi) is 5.13. The van der Waals surface area contributed by atoms with Gasteiger partial charge in [-0.3, -0.25) is 4.79 Å². The largest absolute Gasteiger partial charge is 0.329 e. The summed E-state index contributed by atoms with van der Waals surface area (Å²) in [6.45, 7) is 1.73. The fourth-order valence-corrected chi connectivity index (χ4v) is 3.46. The number of imidazole rings is 1. The normalized spacial score (nSPS) is 10.9. The number of benzene rings is 2. The maximum absolute atomic E-state index is 13.1. The van der Waals surface area contributed by atoms with Crippen molar-refractivity contribution in [3.8, 4) is 5.69 Å². The first-order valence-electron chi connectivity index (χ1n) is 8.76. The van der Waals surface area contributed by atoms with Crippen molar-refractivity contribution in [3.05, 3.63) is 78.4 Å². The van der Waals surface area contributed by atoms with Gasteiger partial charge in [0.1, 0.15) is 11.6 Å². The van der Waals surface area contributed by atoms with Gasteiger partial charge in [-0.2, -0.15) is 0 Å². The topological polar surface area (TPSA) is 77.6 Å². The Labute approximate surface area is 170 Å². The zero-order valence-electron chi connectivity index (χ0n) is 15.7. The highest BCUT2D eigenvalue weighted by atomic mass is 32.2. The van der Waals surface area contributed by atoms with Gasteiger partial charge in [-0.15, -0.1) is 5.10 Å². The lowest BCUT2D eigenvalue weighted by Crippen LogP contribution is -2.14. The van der Waals surface area contributed by atoms with Crippen molar-refractivity contribution in [2.75, 3.05) is 5.32 Å². The quantitative estimate of drug-likeness (QED) is 0.543. The lowest BCUT2D eigenvalue weighted by molar-refractivity contribution is 0.101. The second-order valence-corrected chi connectivity index (χ2v) is 7.31. The number of anilines is 1. The summed E-state index contributed by atoms with van der Waals surface area (Å²) in [4.78, 5) is 22.0. The zero-order chi connectivity index (χ0) is 20.4. The zero-order valence-corrected chi connectivity index (χ0v) is 16.5. The van der Waals surface area contributed by atoms with Gasteiger partial charge in [0.15, 0.2) is 5.16 Å². The van der Waals surface area contributed by atoms with Crippen LogP contribution in [0.2, 0.25) is 0 Å². The fraction of sp³-hybridized carbons (Fsp3) is 0.100. The minimum atomic E-state index is -0.418. The van der Waals surface area contributed by atoms with Crippen LogP contribution in [-0.4, -0.2) is 30.2 Å². The summed E-state index contributed by atoms with van der Waals surface area (Å²) in [5.74, 6) is -0.186. The van der Waals surface area contributed by atoms with Crippen molar-refractivity contribution in [1.29, 1.82) is 0 Å². The number of nitrogens with zero attached hydrogens (tertiary/aromatic N) is 5. The van der Waals surface area contributed by atoms with Crippen LogP contribution in [-0.2, 0) is 7.05 Å². The SMILES string of the molecule is Cc1nc(C(=O)Nc2ccc(Sc3nccn3C)cc2)nn1-c1ccc(F)cc1. The standard InChI is InChI=1S/C20H17FN6OS/c1-13-23-18(25-27(13)16-7-3-14(21)4-8-16)19(28)24-15-5-9-17(10-6-15)29-20-22-11-12-26(20)2/h3-12H,1-2H3,(H,24,28). The molecule has 0 aliphatic heterocycles. The molecule has 2 aromatic carbocycles. The monoisotopic (exact) mass is 408 g/mol. The Bertz CT molecular complexity index is 1150. The molecule has 4 rings (SSSR count). The van der Waals surface area contributed by atoms with E-state index in [1.165, 1.54) is 28.6 Å². The molecule has 7 nitrogen and oxygen atoms in total. The first kappa shape index (κ1) is 18.9. The van der Waals surface area contributed by atoms with Gasteiger partial charge in [0.25, 0.3) is 5.91 Å². The highest BCUT2D eigenvalue weighted by Crippen LogP contribution is 2.26. The number of aromatic nitrogens is 5. The molecule has 146 valence electrons. The van der Waals surface area contributed by atoms with E-state index in [0.717, 1.165) is 10.1 Å². The van der Waals surface area contributed by atoms with Gasteiger partial charge in [0, 0.05) is 30.0 Å². The van der Waals surface area contributed by atoms with E-state index in [0.29, 0.717) is 17.2 Å². The Morgan fingerprint density at radius 3 is 2.48 bits per heavy atom. The number of hydrogen-bond donors (Lipinski definition) is 1. The molecule has 4 aromatic rings. The van der Waals surface area contributed by atoms with Crippen molar-refractivity contribution < 1.29 is 9.18 Å². The molecule has 0 radical (unpaired) electrons. The molecule has 0 spiro atoms. The molecule has 9 heteroatoms. The Morgan fingerprint density at radius 2 is 1.83 bits per heavy atom. The van der Waals surface area contributed by atoms with E-state index < -0.39 is 5.91 Å². The Morgan fingerprint density at radius 1 is 1.10 bits per heavy atom. The molecule has 2 aromatic heterocycles. The van der Waals surface area contributed by atoms with Crippen LogP contribution in [0.5, 0.6) is 0 Å². The van der Waals surface area contributed by atoms with Crippen LogP contribution < -0.4 is 5.32 Å². The molecule has 1 N–H and O–H groups in total. The van der Waals surface area contributed by atoms with Gasteiger partial charge in [0.05, 0.1) is 5.69 Å². The average molecular weight is 408 g/mol. The molecule has 0 aliphatic carbocycles. The third kappa shape index (κ3) is 4.19. The predicted octanol–water partition coefficient (Wildman–Crippen LogP) is 3.85. The van der Waals surface area contributed by atoms with E-state index in [4.69, 9.17) is 0 Å². The second kappa shape index (κ2) is 7.88. The fourth-order valence-electron chi connectivity index (χ4n) is 2.66. The van der Waals surface area contributed by atoms with Crippen LogP contribution in [0, 0.1) is 12.7 Å². The van der Waals surface area contributed by atoms with E-state index in [1.807, 2.05) is 42.1 Å². The second-order valence-electron chi connectivity index (χ2n) is 6.27. The minimum Gasteiger partial charge on any atom is -0.329 e. The molecule has 1 amide bonds. The third-order valence-electron chi connectivity index (χ3n) is 4.14. The van der Waals surface area contributed by atoms with Gasteiger partial charge in [-0.1, -0.05) is 11.8 Å². The first-order valence-corrected chi connectivity index (χ1v) is 9.57. The maximum atomic E-state index is 13.1. The van der Waals surface area contributed by atoms with Crippen LogP contribution in [0.25, 0.3) is 5.69 Å². The van der Waals surface area contributed by atoms with Crippen molar-refractivity contribution in [3.63, 3.8) is 0 Å². The Balaban J connectivity index is 1.46. The van der Waals surface area contributed by atoms with Crippen molar-refractivity contribution >= 4 is 23.4 Å². The molecule has 0 fully saturated rings. The first-order chi connectivity index (χ1) is 14.0. The van der Waals surface area contributed by atoms with Crippen LogP contribution >= 0.6 is 11.8 Å². The van der Waals surface area contributed by atoms with Crippen LogP contribution in [0.3, 0.4) is 0 Å². The summed E-state index contributed by atoms with van der Waals surface area (Å²) in [7, 11) is 1.93.